The van der Waals surface area contributed by atoms with Gasteiger partial charge in [-0.1, -0.05) is 60.7 Å². The lowest BCUT2D eigenvalue weighted by atomic mass is 10.1. The van der Waals surface area contributed by atoms with Gasteiger partial charge in [-0.3, -0.25) is 15.0 Å². The Balaban J connectivity index is 2.06. The highest BCUT2D eigenvalue weighted by Crippen LogP contribution is 2.37. The van der Waals surface area contributed by atoms with Gasteiger partial charge < -0.3 is 9.64 Å². The van der Waals surface area contributed by atoms with Gasteiger partial charge in [-0.15, -0.1) is 0 Å². The van der Waals surface area contributed by atoms with Crippen molar-refractivity contribution in [2.24, 2.45) is 0 Å². The van der Waals surface area contributed by atoms with Crippen molar-refractivity contribution in [1.29, 1.82) is 0 Å². The van der Waals surface area contributed by atoms with Gasteiger partial charge in [0.15, 0.2) is 0 Å². The first-order chi connectivity index (χ1) is 15.7. The second-order valence-corrected chi connectivity index (χ2v) is 8.63. The van der Waals surface area contributed by atoms with Gasteiger partial charge in [-0.25, -0.2) is 9.78 Å². The Morgan fingerprint density at radius 3 is 1.94 bits per heavy atom. The Kier molecular flexibility index (Phi) is 7.27. The standard InChI is InChI=1S/C25H28N4O4/c1-25(2,3)33-24(30)27(4)21-15-16-26-23(22(21)29(31)32)28(17-19-11-7-5-8-12-19)18-20-13-9-6-10-14-20/h5-16H,17-18H2,1-4H3. The molecule has 1 amide bonds. The molecule has 0 N–H and O–H groups in total. The lowest BCUT2D eigenvalue weighted by Gasteiger charge is -2.27. The maximum Gasteiger partial charge on any atom is 0.414 e. The first-order valence-corrected chi connectivity index (χ1v) is 10.6. The topological polar surface area (TPSA) is 88.8 Å². The lowest BCUT2D eigenvalue weighted by Crippen LogP contribution is -2.35. The molecule has 0 radical (unpaired) electrons. The van der Waals surface area contributed by atoms with E-state index < -0.39 is 16.6 Å². The predicted molar refractivity (Wildman–Crippen MR) is 128 cm³/mol. The van der Waals surface area contributed by atoms with Crippen molar-refractivity contribution in [1.82, 2.24) is 4.98 Å². The molecule has 0 saturated carbocycles. The molecule has 33 heavy (non-hydrogen) atoms. The SMILES string of the molecule is CN(C(=O)OC(C)(C)C)c1ccnc(N(Cc2ccccc2)Cc2ccccc2)c1[N+](=O)[O-]. The van der Waals surface area contributed by atoms with Crippen LogP contribution in [0.25, 0.3) is 0 Å². The highest BCUT2D eigenvalue weighted by atomic mass is 16.6. The van der Waals surface area contributed by atoms with Crippen LogP contribution in [0.5, 0.6) is 0 Å². The minimum atomic E-state index is -0.733. The van der Waals surface area contributed by atoms with Crippen LogP contribution in [0.15, 0.2) is 72.9 Å². The van der Waals surface area contributed by atoms with Crippen LogP contribution >= 0.6 is 0 Å². The number of anilines is 2. The van der Waals surface area contributed by atoms with Gasteiger partial charge in [0, 0.05) is 26.3 Å². The Morgan fingerprint density at radius 1 is 0.970 bits per heavy atom. The van der Waals surface area contributed by atoms with Crippen LogP contribution in [0.3, 0.4) is 0 Å². The number of hydrogen-bond donors (Lipinski definition) is 0. The molecule has 0 saturated heterocycles. The number of pyridine rings is 1. The average molecular weight is 449 g/mol. The van der Waals surface area contributed by atoms with E-state index in [9.17, 15) is 14.9 Å². The highest BCUT2D eigenvalue weighted by molar-refractivity contribution is 5.92. The third-order valence-electron chi connectivity index (χ3n) is 4.83. The third kappa shape index (κ3) is 6.29. The molecule has 0 spiro atoms. The number of nitrogens with zero attached hydrogens (tertiary/aromatic N) is 4. The minimum absolute atomic E-state index is 0.116. The zero-order valence-corrected chi connectivity index (χ0v) is 19.3. The van der Waals surface area contributed by atoms with Crippen LogP contribution < -0.4 is 9.80 Å². The number of aromatic nitrogens is 1. The summed E-state index contributed by atoms with van der Waals surface area (Å²) < 4.78 is 5.41. The van der Waals surface area contributed by atoms with E-state index in [1.54, 1.807) is 20.8 Å². The van der Waals surface area contributed by atoms with E-state index in [1.165, 1.54) is 19.3 Å². The first-order valence-electron chi connectivity index (χ1n) is 10.6. The molecule has 0 bridgehead atoms. The molecule has 3 aromatic rings. The third-order valence-corrected chi connectivity index (χ3v) is 4.83. The molecule has 2 aromatic carbocycles. The zero-order chi connectivity index (χ0) is 24.0. The monoisotopic (exact) mass is 448 g/mol. The van der Waals surface area contributed by atoms with Crippen molar-refractivity contribution in [2.45, 2.75) is 39.5 Å². The molecular formula is C25H28N4O4. The summed E-state index contributed by atoms with van der Waals surface area (Å²) in [7, 11) is 1.46. The molecular weight excluding hydrogens is 420 g/mol. The van der Waals surface area contributed by atoms with Crippen molar-refractivity contribution in [3.63, 3.8) is 0 Å². The van der Waals surface area contributed by atoms with E-state index in [0.29, 0.717) is 13.1 Å². The Morgan fingerprint density at radius 2 is 1.48 bits per heavy atom. The maximum absolute atomic E-state index is 12.6. The summed E-state index contributed by atoms with van der Waals surface area (Å²) in [5.41, 5.74) is 1.09. The number of benzene rings is 2. The molecule has 0 unspecified atom stereocenters. The normalized spacial score (nSPS) is 11.0. The van der Waals surface area contributed by atoms with Crippen molar-refractivity contribution >= 4 is 23.3 Å². The van der Waals surface area contributed by atoms with Crippen molar-refractivity contribution < 1.29 is 14.5 Å². The van der Waals surface area contributed by atoms with Crippen molar-refractivity contribution in [3.8, 4) is 0 Å². The zero-order valence-electron chi connectivity index (χ0n) is 19.3. The van der Waals surface area contributed by atoms with E-state index >= 15 is 0 Å². The number of amides is 1. The molecule has 172 valence electrons. The van der Waals surface area contributed by atoms with Gasteiger partial charge in [0.2, 0.25) is 5.82 Å². The Bertz CT molecular complexity index is 1060. The maximum atomic E-state index is 12.6. The van der Waals surface area contributed by atoms with Crippen LogP contribution in [0, 0.1) is 10.1 Å². The number of carbonyl (C=O) groups excluding carboxylic acids is 1. The summed E-state index contributed by atoms with van der Waals surface area (Å²) in [6, 6.07) is 20.8. The number of nitro groups is 1. The first kappa shape index (κ1) is 23.7. The smallest absolute Gasteiger partial charge is 0.414 e. The number of ether oxygens (including phenoxy) is 1. The van der Waals surface area contributed by atoms with Crippen LogP contribution in [-0.2, 0) is 17.8 Å². The molecule has 8 heteroatoms. The van der Waals surface area contributed by atoms with Gasteiger partial charge in [0.05, 0.1) is 4.92 Å². The molecule has 8 nitrogen and oxygen atoms in total. The second kappa shape index (κ2) is 10.1. The van der Waals surface area contributed by atoms with E-state index in [2.05, 4.69) is 4.98 Å². The molecule has 1 heterocycles. The van der Waals surface area contributed by atoms with E-state index in [4.69, 9.17) is 4.74 Å². The van der Waals surface area contributed by atoms with Crippen LogP contribution in [0.1, 0.15) is 31.9 Å². The fraction of sp³-hybridized carbons (Fsp3) is 0.280. The van der Waals surface area contributed by atoms with Crippen LogP contribution in [0.2, 0.25) is 0 Å². The predicted octanol–water partition coefficient (Wildman–Crippen LogP) is 5.57. The minimum Gasteiger partial charge on any atom is -0.443 e. The molecule has 1 aromatic heterocycles. The summed E-state index contributed by atoms with van der Waals surface area (Å²) in [4.78, 5) is 31.7. The summed E-state index contributed by atoms with van der Waals surface area (Å²) in [5, 5.41) is 12.2. The van der Waals surface area contributed by atoms with Crippen molar-refractivity contribution in [3.05, 3.63) is 94.2 Å². The summed E-state index contributed by atoms with van der Waals surface area (Å²) in [6.45, 7) is 6.04. The quantitative estimate of drug-likeness (QED) is 0.347. The van der Waals surface area contributed by atoms with E-state index in [1.807, 2.05) is 65.6 Å². The van der Waals surface area contributed by atoms with E-state index in [0.717, 1.165) is 16.0 Å². The van der Waals surface area contributed by atoms with Gasteiger partial charge in [-0.05, 0) is 38.0 Å². The second-order valence-electron chi connectivity index (χ2n) is 8.63. The Labute approximate surface area is 193 Å². The lowest BCUT2D eigenvalue weighted by molar-refractivity contribution is -0.383. The molecule has 3 rings (SSSR count). The molecule has 0 atom stereocenters. The highest BCUT2D eigenvalue weighted by Gasteiger charge is 2.31. The summed E-state index contributed by atoms with van der Waals surface area (Å²) in [5.74, 6) is 0.181. The molecule has 0 aliphatic carbocycles. The molecule has 0 aliphatic rings. The molecule has 0 fully saturated rings. The largest absolute Gasteiger partial charge is 0.443 e. The molecule has 0 aliphatic heterocycles. The van der Waals surface area contributed by atoms with E-state index in [-0.39, 0.29) is 17.2 Å². The van der Waals surface area contributed by atoms with Gasteiger partial charge in [0.1, 0.15) is 11.3 Å². The van der Waals surface area contributed by atoms with Crippen LogP contribution in [0.4, 0.5) is 22.0 Å². The average Bonchev–Trinajstić information content (AvgIpc) is 2.78. The fourth-order valence-electron chi connectivity index (χ4n) is 3.35. The summed E-state index contributed by atoms with van der Waals surface area (Å²) >= 11 is 0. The number of rotatable bonds is 7. The van der Waals surface area contributed by atoms with Gasteiger partial charge in [-0.2, -0.15) is 0 Å². The van der Waals surface area contributed by atoms with Gasteiger partial charge in [0.25, 0.3) is 0 Å². The number of hydrogen-bond acceptors (Lipinski definition) is 6. The number of carbonyl (C=O) groups is 1. The Hall–Kier alpha value is -3.94. The van der Waals surface area contributed by atoms with Crippen molar-refractivity contribution in [2.75, 3.05) is 16.8 Å². The van der Waals surface area contributed by atoms with Crippen LogP contribution in [-0.4, -0.2) is 28.6 Å². The summed E-state index contributed by atoms with van der Waals surface area (Å²) in [6.07, 6.45) is 0.794. The fourth-order valence-corrected chi connectivity index (χ4v) is 3.35. The van der Waals surface area contributed by atoms with Gasteiger partial charge >= 0.3 is 11.8 Å².